The van der Waals surface area contributed by atoms with Gasteiger partial charge in [-0.2, -0.15) is 4.98 Å². The van der Waals surface area contributed by atoms with E-state index in [2.05, 4.69) is 30.9 Å². The molecule has 0 spiro atoms. The number of nitrogens with two attached hydrogens (primary N) is 1. The molecule has 0 bridgehead atoms. The summed E-state index contributed by atoms with van der Waals surface area (Å²) in [4.78, 5) is 8.30. The van der Waals surface area contributed by atoms with Gasteiger partial charge in [0.25, 0.3) is 0 Å². The lowest BCUT2D eigenvalue weighted by atomic mass is 10.3. The second-order valence-corrected chi connectivity index (χ2v) is 3.90. The van der Waals surface area contributed by atoms with E-state index in [0.29, 0.717) is 12.5 Å². The molecule has 0 aliphatic rings. The van der Waals surface area contributed by atoms with Gasteiger partial charge in [-0.3, -0.25) is 5.43 Å². The third kappa shape index (κ3) is 2.92. The molecule has 4 N–H and O–H groups in total. The summed E-state index contributed by atoms with van der Waals surface area (Å²) in [6, 6.07) is 1.86. The van der Waals surface area contributed by atoms with E-state index < -0.39 is 0 Å². The zero-order valence-electron chi connectivity index (χ0n) is 10.4. The number of anilines is 2. The number of nitrogen functional groups attached to an aromatic ring is 1. The lowest BCUT2D eigenvalue weighted by Crippen LogP contribution is -2.14. The first-order chi connectivity index (χ1) is 8.69. The van der Waals surface area contributed by atoms with Gasteiger partial charge in [-0.05, 0) is 6.92 Å². The van der Waals surface area contributed by atoms with E-state index in [0.717, 1.165) is 23.8 Å². The highest BCUT2D eigenvalue weighted by Gasteiger charge is 2.02. The van der Waals surface area contributed by atoms with Crippen molar-refractivity contribution in [1.82, 2.24) is 24.7 Å². The Labute approximate surface area is 105 Å². The molecular formula is C10H16N8. The number of aromatic nitrogens is 5. The van der Waals surface area contributed by atoms with Gasteiger partial charge in [0.05, 0.1) is 0 Å². The normalized spacial score (nSPS) is 10.4. The number of nitrogens with zero attached hydrogens (tertiary/aromatic N) is 5. The average Bonchev–Trinajstić information content (AvgIpc) is 2.74. The fourth-order valence-electron chi connectivity index (χ4n) is 1.56. The van der Waals surface area contributed by atoms with Crippen LogP contribution in [-0.2, 0) is 13.5 Å². The van der Waals surface area contributed by atoms with Crippen molar-refractivity contribution in [3.63, 3.8) is 0 Å². The second-order valence-electron chi connectivity index (χ2n) is 3.90. The number of hydrogen-bond acceptors (Lipinski definition) is 7. The summed E-state index contributed by atoms with van der Waals surface area (Å²) in [6.45, 7) is 2.60. The van der Waals surface area contributed by atoms with E-state index in [4.69, 9.17) is 5.84 Å². The highest BCUT2D eigenvalue weighted by atomic mass is 15.3. The molecule has 2 aromatic rings. The van der Waals surface area contributed by atoms with Gasteiger partial charge in [-0.1, -0.05) is 0 Å². The maximum atomic E-state index is 5.29. The molecule has 0 amide bonds. The summed E-state index contributed by atoms with van der Waals surface area (Å²) in [5.41, 5.74) is 3.28. The molecular weight excluding hydrogens is 232 g/mol. The standard InChI is InChI=1S/C10H16N8/c1-7-5-8(15-10(14-7)16-11)12-4-3-9-17-13-6-18(9)2/h5-6H,3-4,11H2,1-2H3,(H2,12,14,15,16). The van der Waals surface area contributed by atoms with E-state index in [-0.39, 0.29) is 0 Å². The summed E-state index contributed by atoms with van der Waals surface area (Å²) in [5.74, 6) is 7.34. The van der Waals surface area contributed by atoms with Crippen LogP contribution in [0.4, 0.5) is 11.8 Å². The molecule has 18 heavy (non-hydrogen) atoms. The van der Waals surface area contributed by atoms with Gasteiger partial charge in [-0.25, -0.2) is 10.8 Å². The van der Waals surface area contributed by atoms with E-state index in [1.165, 1.54) is 0 Å². The van der Waals surface area contributed by atoms with Crippen molar-refractivity contribution in [2.75, 3.05) is 17.3 Å². The van der Waals surface area contributed by atoms with Crippen LogP contribution in [0.2, 0.25) is 0 Å². The molecule has 96 valence electrons. The molecule has 0 aliphatic carbocycles. The van der Waals surface area contributed by atoms with Crippen LogP contribution >= 0.6 is 0 Å². The number of nitrogens with one attached hydrogen (secondary N) is 2. The number of aryl methyl sites for hydroxylation is 2. The maximum absolute atomic E-state index is 5.29. The summed E-state index contributed by atoms with van der Waals surface area (Å²) in [6.07, 6.45) is 2.45. The van der Waals surface area contributed by atoms with Crippen LogP contribution in [-0.4, -0.2) is 31.3 Å². The van der Waals surface area contributed by atoms with Gasteiger partial charge in [0.2, 0.25) is 5.95 Å². The highest BCUT2D eigenvalue weighted by molar-refractivity contribution is 5.41. The van der Waals surface area contributed by atoms with Crippen LogP contribution in [0.25, 0.3) is 0 Å². The van der Waals surface area contributed by atoms with E-state index in [1.807, 2.05) is 24.6 Å². The molecule has 0 atom stereocenters. The topological polar surface area (TPSA) is 107 Å². The molecule has 0 aliphatic heterocycles. The lowest BCUT2D eigenvalue weighted by molar-refractivity contribution is 0.787. The van der Waals surface area contributed by atoms with Crippen molar-refractivity contribution in [3.8, 4) is 0 Å². The summed E-state index contributed by atoms with van der Waals surface area (Å²) < 4.78 is 1.89. The monoisotopic (exact) mass is 248 g/mol. The van der Waals surface area contributed by atoms with E-state index in [1.54, 1.807) is 6.33 Å². The Bertz CT molecular complexity index is 520. The number of hydrazine groups is 1. The van der Waals surface area contributed by atoms with Crippen LogP contribution in [0, 0.1) is 6.92 Å². The largest absolute Gasteiger partial charge is 0.369 e. The molecule has 0 saturated carbocycles. The van der Waals surface area contributed by atoms with Crippen LogP contribution in [0.15, 0.2) is 12.4 Å². The predicted molar refractivity (Wildman–Crippen MR) is 67.8 cm³/mol. The Balaban J connectivity index is 1.94. The van der Waals surface area contributed by atoms with Crippen LogP contribution < -0.4 is 16.6 Å². The zero-order chi connectivity index (χ0) is 13.0. The van der Waals surface area contributed by atoms with Crippen molar-refractivity contribution in [2.45, 2.75) is 13.3 Å². The minimum Gasteiger partial charge on any atom is -0.369 e. The third-order valence-electron chi connectivity index (χ3n) is 2.44. The van der Waals surface area contributed by atoms with Gasteiger partial charge < -0.3 is 9.88 Å². The summed E-state index contributed by atoms with van der Waals surface area (Å²) >= 11 is 0. The molecule has 2 heterocycles. The minimum absolute atomic E-state index is 0.399. The highest BCUT2D eigenvalue weighted by Crippen LogP contribution is 2.08. The van der Waals surface area contributed by atoms with E-state index in [9.17, 15) is 0 Å². The Morgan fingerprint density at radius 3 is 2.89 bits per heavy atom. The number of rotatable bonds is 5. The molecule has 0 radical (unpaired) electrons. The predicted octanol–water partition coefficient (Wildman–Crippen LogP) is -0.146. The molecule has 8 nitrogen and oxygen atoms in total. The van der Waals surface area contributed by atoms with Crippen molar-refractivity contribution in [3.05, 3.63) is 23.9 Å². The Morgan fingerprint density at radius 1 is 1.39 bits per heavy atom. The van der Waals surface area contributed by atoms with Gasteiger partial charge in [0, 0.05) is 31.8 Å². The summed E-state index contributed by atoms with van der Waals surface area (Å²) in [5, 5.41) is 11.0. The molecule has 0 fully saturated rings. The molecule has 2 aromatic heterocycles. The first kappa shape index (κ1) is 12.2. The van der Waals surface area contributed by atoms with Crippen molar-refractivity contribution in [1.29, 1.82) is 0 Å². The first-order valence-electron chi connectivity index (χ1n) is 5.58. The SMILES string of the molecule is Cc1cc(NCCc2nncn2C)nc(NN)n1. The van der Waals surface area contributed by atoms with E-state index >= 15 is 0 Å². The quantitative estimate of drug-likeness (QED) is 0.499. The zero-order valence-corrected chi connectivity index (χ0v) is 10.4. The fraction of sp³-hybridized carbons (Fsp3) is 0.400. The van der Waals surface area contributed by atoms with Crippen molar-refractivity contribution >= 4 is 11.8 Å². The minimum atomic E-state index is 0.399. The Hall–Kier alpha value is -2.22. The fourth-order valence-corrected chi connectivity index (χ4v) is 1.56. The van der Waals surface area contributed by atoms with Crippen molar-refractivity contribution in [2.24, 2.45) is 12.9 Å². The maximum Gasteiger partial charge on any atom is 0.239 e. The van der Waals surface area contributed by atoms with Gasteiger partial charge in [0.15, 0.2) is 0 Å². The molecule has 2 rings (SSSR count). The third-order valence-corrected chi connectivity index (χ3v) is 2.44. The van der Waals surface area contributed by atoms with Gasteiger partial charge >= 0.3 is 0 Å². The van der Waals surface area contributed by atoms with Gasteiger partial charge in [-0.15, -0.1) is 10.2 Å². The van der Waals surface area contributed by atoms with Crippen LogP contribution in [0.5, 0.6) is 0 Å². The van der Waals surface area contributed by atoms with Gasteiger partial charge in [0.1, 0.15) is 18.0 Å². The lowest BCUT2D eigenvalue weighted by Gasteiger charge is -2.07. The molecule has 0 saturated heterocycles. The Morgan fingerprint density at radius 2 is 2.22 bits per heavy atom. The molecule has 0 unspecified atom stereocenters. The number of hydrogen-bond donors (Lipinski definition) is 3. The van der Waals surface area contributed by atoms with Crippen LogP contribution in [0.3, 0.4) is 0 Å². The van der Waals surface area contributed by atoms with Crippen molar-refractivity contribution < 1.29 is 0 Å². The van der Waals surface area contributed by atoms with Crippen LogP contribution in [0.1, 0.15) is 11.5 Å². The smallest absolute Gasteiger partial charge is 0.239 e. The molecule has 8 heteroatoms. The molecule has 0 aromatic carbocycles. The summed E-state index contributed by atoms with van der Waals surface area (Å²) in [7, 11) is 1.92. The first-order valence-corrected chi connectivity index (χ1v) is 5.58. The average molecular weight is 248 g/mol. The Kier molecular flexibility index (Phi) is 3.68. The second kappa shape index (κ2) is 5.41.